The number of fused-ring (bicyclic) bond motifs is 4. The van der Waals surface area contributed by atoms with E-state index in [4.69, 9.17) is 18.8 Å². The third-order valence-electron chi connectivity index (χ3n) is 12.5. The van der Waals surface area contributed by atoms with Crippen molar-refractivity contribution in [1.82, 2.24) is 9.13 Å². The molecule has 9 heteroatoms. The quantitative estimate of drug-likeness (QED) is 0.277. The zero-order valence-electron chi connectivity index (χ0n) is 27.1. The van der Waals surface area contributed by atoms with E-state index in [1.54, 1.807) is 0 Å². The van der Waals surface area contributed by atoms with Crippen LogP contribution in [0.2, 0.25) is 0 Å². The summed E-state index contributed by atoms with van der Waals surface area (Å²) in [7, 11) is -0.579. The molecule has 2 saturated carbocycles. The lowest BCUT2D eigenvalue weighted by molar-refractivity contribution is -0.0629. The second-order valence-electron chi connectivity index (χ2n) is 15.5. The van der Waals surface area contributed by atoms with Gasteiger partial charge in [-0.05, 0) is 98.9 Å². The molecule has 0 radical (unpaired) electrons. The molecular weight excluding hydrogens is 579 g/mol. The number of nitrogens with zero attached hydrogens (tertiary/aromatic N) is 2. The fourth-order valence-corrected chi connectivity index (χ4v) is 9.10. The van der Waals surface area contributed by atoms with E-state index in [1.165, 1.54) is 5.56 Å². The molecule has 1 atom stereocenters. The third-order valence-corrected chi connectivity index (χ3v) is 12.5. The number of hydrogen-bond donors (Lipinski definition) is 0. The van der Waals surface area contributed by atoms with Crippen LogP contribution in [0.4, 0.5) is 0 Å². The lowest BCUT2D eigenvalue weighted by Gasteiger charge is -2.47. The summed E-state index contributed by atoms with van der Waals surface area (Å²) in [4.78, 5) is 27.3. The van der Waals surface area contributed by atoms with Crippen molar-refractivity contribution in [2.75, 3.05) is 13.2 Å². The van der Waals surface area contributed by atoms with Crippen molar-refractivity contribution in [2.45, 2.75) is 107 Å². The summed E-state index contributed by atoms with van der Waals surface area (Å²) in [5.41, 5.74) is 0.234. The lowest BCUT2D eigenvalue weighted by atomic mass is 9.65. The molecule has 2 aromatic carbocycles. The Morgan fingerprint density at radius 3 is 2.15 bits per heavy atom. The lowest BCUT2D eigenvalue weighted by Crippen LogP contribution is -2.55. The van der Waals surface area contributed by atoms with Gasteiger partial charge in [0.25, 0.3) is 11.1 Å². The minimum atomic E-state index is -0.579. The van der Waals surface area contributed by atoms with Crippen molar-refractivity contribution < 1.29 is 18.8 Å². The molecule has 5 saturated heterocycles. The first-order valence-corrected chi connectivity index (χ1v) is 16.9. The summed E-state index contributed by atoms with van der Waals surface area (Å²) in [5, 5.41) is 3.37. The third kappa shape index (κ3) is 3.95. The van der Waals surface area contributed by atoms with Crippen LogP contribution in [-0.2, 0) is 36.3 Å². The van der Waals surface area contributed by atoms with E-state index in [1.807, 2.05) is 51.9 Å². The second kappa shape index (κ2) is 9.44. The molecule has 2 aromatic heterocycles. The first-order valence-electron chi connectivity index (χ1n) is 16.9. The number of ether oxygens (including phenoxy) is 2. The summed E-state index contributed by atoms with van der Waals surface area (Å²) < 4.78 is 29.5. The highest BCUT2D eigenvalue weighted by Gasteiger charge is 2.65. The predicted molar refractivity (Wildman–Crippen MR) is 178 cm³/mol. The molecule has 7 aliphatic rings. The fraction of sp³-hybridized carbons (Fsp3) is 0.514. The Hall–Kier alpha value is -3.24. The summed E-state index contributed by atoms with van der Waals surface area (Å²) in [6, 6.07) is 16.2. The maximum absolute atomic E-state index is 13.7. The molecule has 0 N–H and O–H groups in total. The van der Waals surface area contributed by atoms with E-state index in [0.29, 0.717) is 18.6 Å². The Morgan fingerprint density at radius 1 is 0.804 bits per heavy atom. The Kier molecular flexibility index (Phi) is 5.94. The van der Waals surface area contributed by atoms with Crippen LogP contribution in [0.25, 0.3) is 21.5 Å². The molecule has 7 heterocycles. The zero-order chi connectivity index (χ0) is 31.7. The number of aromatic nitrogens is 2. The molecule has 4 bridgehead atoms. The van der Waals surface area contributed by atoms with E-state index in [0.717, 1.165) is 66.6 Å². The maximum atomic E-state index is 13.7. The van der Waals surface area contributed by atoms with E-state index < -0.39 is 18.3 Å². The van der Waals surface area contributed by atoms with Crippen LogP contribution in [0.5, 0.6) is 0 Å². The molecule has 4 aromatic rings. The van der Waals surface area contributed by atoms with Crippen molar-refractivity contribution in [1.29, 1.82) is 0 Å². The number of pyridine rings is 2. The average molecular weight is 621 g/mol. The molecule has 8 nitrogen and oxygen atoms in total. The first kappa shape index (κ1) is 28.9. The van der Waals surface area contributed by atoms with Crippen molar-refractivity contribution in [2.24, 2.45) is 0 Å². The number of benzene rings is 2. The molecule has 0 spiro atoms. The molecule has 46 heavy (non-hydrogen) atoms. The average Bonchev–Trinajstić information content (AvgIpc) is 3.83. The monoisotopic (exact) mass is 620 g/mol. The van der Waals surface area contributed by atoms with E-state index in [-0.39, 0.29) is 33.9 Å². The van der Waals surface area contributed by atoms with E-state index in [9.17, 15) is 9.59 Å². The Balaban J connectivity index is 0.932. The molecule has 7 fully saturated rings. The van der Waals surface area contributed by atoms with E-state index >= 15 is 0 Å². The Bertz CT molecular complexity index is 2030. The van der Waals surface area contributed by atoms with Gasteiger partial charge in [-0.15, -0.1) is 0 Å². The summed E-state index contributed by atoms with van der Waals surface area (Å²) >= 11 is 0. The highest BCUT2D eigenvalue weighted by molar-refractivity contribution is 6.62. The van der Waals surface area contributed by atoms with Gasteiger partial charge in [-0.25, -0.2) is 0 Å². The van der Waals surface area contributed by atoms with Gasteiger partial charge < -0.3 is 27.9 Å². The maximum Gasteiger partial charge on any atom is 0.494 e. The van der Waals surface area contributed by atoms with Crippen LogP contribution in [0, 0.1) is 0 Å². The topological polar surface area (TPSA) is 80.9 Å². The predicted octanol–water partition coefficient (Wildman–Crippen LogP) is 4.78. The molecule has 11 rings (SSSR count). The van der Waals surface area contributed by atoms with Gasteiger partial charge in [-0.3, -0.25) is 9.59 Å². The van der Waals surface area contributed by atoms with Gasteiger partial charge in [0.1, 0.15) is 0 Å². The number of rotatable bonds is 7. The van der Waals surface area contributed by atoms with Crippen LogP contribution in [0.15, 0.2) is 70.5 Å². The van der Waals surface area contributed by atoms with Gasteiger partial charge in [0, 0.05) is 36.0 Å². The summed E-state index contributed by atoms with van der Waals surface area (Å²) in [6.45, 7) is 9.58. The fourth-order valence-electron chi connectivity index (χ4n) is 9.10. The molecule has 5 aliphatic heterocycles. The number of hydrogen-bond acceptors (Lipinski definition) is 6. The van der Waals surface area contributed by atoms with Crippen molar-refractivity contribution >= 4 is 34.1 Å². The minimum absolute atomic E-state index is 0.0191. The van der Waals surface area contributed by atoms with Gasteiger partial charge >= 0.3 is 7.12 Å². The smallest absolute Gasteiger partial charge is 0.399 e. The largest absolute Gasteiger partial charge is 0.494 e. The van der Waals surface area contributed by atoms with Crippen molar-refractivity contribution in [3.05, 3.63) is 87.2 Å². The van der Waals surface area contributed by atoms with Gasteiger partial charge in [-0.1, -0.05) is 31.2 Å². The van der Waals surface area contributed by atoms with Gasteiger partial charge in [-0.2, -0.15) is 0 Å². The highest BCUT2D eigenvalue weighted by Crippen LogP contribution is 2.59. The standard InChI is InChI=1S/C37H41BN2O6/c1-5-24-6-7-25-11-15-40(31(41)29(25)16-24)36-20-37(21-36,44-23-36)13-12-34(4)33(2,3)45-38(46-34)27-9-8-26-10-14-39(32(42)30(26)17-27)35-18-28(19-35)43-22-35/h6-11,14-17,28H,5,12-13,18-23H2,1-4H3. The second-order valence-corrected chi connectivity index (χ2v) is 15.5. The van der Waals surface area contributed by atoms with Crippen LogP contribution >= 0.6 is 0 Å². The normalized spacial score (nSPS) is 33.9. The summed E-state index contributed by atoms with van der Waals surface area (Å²) in [6.07, 6.45) is 10.1. The van der Waals surface area contributed by atoms with Crippen LogP contribution in [0.1, 0.15) is 71.8 Å². The van der Waals surface area contributed by atoms with Crippen LogP contribution in [0.3, 0.4) is 0 Å². The molecule has 0 amide bonds. The van der Waals surface area contributed by atoms with Gasteiger partial charge in [0.2, 0.25) is 0 Å². The highest BCUT2D eigenvalue weighted by atomic mass is 16.7. The van der Waals surface area contributed by atoms with Crippen molar-refractivity contribution in [3.8, 4) is 0 Å². The summed E-state index contributed by atoms with van der Waals surface area (Å²) in [5.74, 6) is 0. The SMILES string of the molecule is CCc1ccc2ccn(C34COC(CCC5(C)OB(c6ccc7ccn(C89COC(C8)C9)c(=O)c7c6)OC5(C)C)(C3)C4)c(=O)c2c1. The first-order chi connectivity index (χ1) is 22.0. The van der Waals surface area contributed by atoms with Crippen molar-refractivity contribution in [3.63, 3.8) is 0 Å². The zero-order valence-corrected chi connectivity index (χ0v) is 27.1. The Morgan fingerprint density at radius 2 is 1.48 bits per heavy atom. The van der Waals surface area contributed by atoms with Gasteiger partial charge in [0.15, 0.2) is 0 Å². The molecular formula is C37H41BN2O6. The van der Waals surface area contributed by atoms with E-state index in [2.05, 4.69) is 45.9 Å². The molecule has 238 valence electrons. The van der Waals surface area contributed by atoms with Crippen LogP contribution < -0.4 is 16.6 Å². The van der Waals surface area contributed by atoms with Crippen LogP contribution in [-0.4, -0.2) is 52.4 Å². The molecule has 1 unspecified atom stereocenters. The minimum Gasteiger partial charge on any atom is -0.399 e. The Labute approximate surface area is 268 Å². The van der Waals surface area contributed by atoms with Gasteiger partial charge in [0.05, 0.1) is 47.2 Å². The number of aryl methyl sites for hydroxylation is 1. The molecule has 2 aliphatic carbocycles.